The van der Waals surface area contributed by atoms with Gasteiger partial charge in [0.25, 0.3) is 0 Å². The molecular formula is C14H17N3O2. The number of methoxy groups -OCH3 is 1. The highest BCUT2D eigenvalue weighted by molar-refractivity contribution is 5.29. The molecule has 0 amide bonds. The van der Waals surface area contributed by atoms with Crippen LogP contribution in [0.5, 0.6) is 5.75 Å². The van der Waals surface area contributed by atoms with Gasteiger partial charge in [-0.05, 0) is 17.7 Å². The average Bonchev–Trinajstić information content (AvgIpc) is 2.49. The number of hydrogen-bond donors (Lipinski definition) is 1. The third-order valence-corrected chi connectivity index (χ3v) is 2.54. The predicted octanol–water partition coefficient (Wildman–Crippen LogP) is 2.11. The molecule has 0 radical (unpaired) electrons. The molecule has 0 aliphatic carbocycles. The molecule has 0 fully saturated rings. The Bertz CT molecular complexity index is 474. The first-order chi connectivity index (χ1) is 9.38. The van der Waals surface area contributed by atoms with Gasteiger partial charge in [-0.15, -0.1) is 0 Å². The second-order valence-corrected chi connectivity index (χ2v) is 3.92. The van der Waals surface area contributed by atoms with Gasteiger partial charge in [-0.25, -0.2) is 4.98 Å². The fourth-order valence-corrected chi connectivity index (χ4v) is 1.55. The highest BCUT2D eigenvalue weighted by Gasteiger charge is 1.95. The summed E-state index contributed by atoms with van der Waals surface area (Å²) in [5.41, 5.74) is 1.13. The number of hydrogen-bond acceptors (Lipinski definition) is 5. The molecule has 5 heteroatoms. The highest BCUT2D eigenvalue weighted by Crippen LogP contribution is 2.11. The smallest absolute Gasteiger partial charge is 0.144 e. The second-order valence-electron chi connectivity index (χ2n) is 3.92. The lowest BCUT2D eigenvalue weighted by molar-refractivity contribution is 0.130. The molecule has 0 saturated carbocycles. The van der Waals surface area contributed by atoms with Gasteiger partial charge >= 0.3 is 0 Å². The minimum Gasteiger partial charge on any atom is -0.497 e. The summed E-state index contributed by atoms with van der Waals surface area (Å²) in [6.45, 7) is 1.91. The molecular weight excluding hydrogens is 242 g/mol. The van der Waals surface area contributed by atoms with Crippen LogP contribution in [0.4, 0.5) is 5.82 Å². The number of ether oxygens (including phenoxy) is 2. The van der Waals surface area contributed by atoms with Gasteiger partial charge in [0.15, 0.2) is 0 Å². The van der Waals surface area contributed by atoms with E-state index in [1.54, 1.807) is 25.7 Å². The zero-order valence-electron chi connectivity index (χ0n) is 10.9. The molecule has 0 saturated heterocycles. The maximum atomic E-state index is 5.56. The lowest BCUT2D eigenvalue weighted by atomic mass is 10.2. The summed E-state index contributed by atoms with van der Waals surface area (Å²) < 4.78 is 10.7. The van der Waals surface area contributed by atoms with Crippen molar-refractivity contribution < 1.29 is 9.47 Å². The van der Waals surface area contributed by atoms with Crippen LogP contribution in [0.25, 0.3) is 0 Å². The Hall–Kier alpha value is -2.14. The fraction of sp³-hybridized carbons (Fsp3) is 0.286. The van der Waals surface area contributed by atoms with Crippen LogP contribution in [0.1, 0.15) is 5.56 Å². The standard InChI is InChI=1S/C14H17N3O2/c1-18-13-4-2-12(3-5-13)11-19-9-8-17-14-10-15-6-7-16-14/h2-7,10H,8-9,11H2,1H3,(H,16,17). The van der Waals surface area contributed by atoms with Gasteiger partial charge in [0, 0.05) is 18.9 Å². The highest BCUT2D eigenvalue weighted by atomic mass is 16.5. The van der Waals surface area contributed by atoms with Gasteiger partial charge < -0.3 is 14.8 Å². The summed E-state index contributed by atoms with van der Waals surface area (Å²) in [4.78, 5) is 8.08. The van der Waals surface area contributed by atoms with Gasteiger partial charge in [-0.3, -0.25) is 4.98 Å². The molecule has 0 aliphatic heterocycles. The topological polar surface area (TPSA) is 56.3 Å². The predicted molar refractivity (Wildman–Crippen MR) is 73.2 cm³/mol. The summed E-state index contributed by atoms with van der Waals surface area (Å²) in [6.07, 6.45) is 4.98. The summed E-state index contributed by atoms with van der Waals surface area (Å²) in [6, 6.07) is 7.84. The lowest BCUT2D eigenvalue weighted by Crippen LogP contribution is -2.10. The van der Waals surface area contributed by atoms with E-state index in [0.717, 1.165) is 17.1 Å². The van der Waals surface area contributed by atoms with Crippen molar-refractivity contribution in [2.75, 3.05) is 25.6 Å². The van der Waals surface area contributed by atoms with E-state index in [4.69, 9.17) is 9.47 Å². The van der Waals surface area contributed by atoms with Crippen molar-refractivity contribution in [3.05, 3.63) is 48.4 Å². The molecule has 1 aromatic heterocycles. The van der Waals surface area contributed by atoms with E-state index in [1.165, 1.54) is 0 Å². The Labute approximate surface area is 112 Å². The number of rotatable bonds is 7. The van der Waals surface area contributed by atoms with E-state index in [0.29, 0.717) is 19.8 Å². The van der Waals surface area contributed by atoms with Crippen LogP contribution in [-0.4, -0.2) is 30.2 Å². The van der Waals surface area contributed by atoms with Gasteiger partial charge in [0.1, 0.15) is 11.6 Å². The molecule has 100 valence electrons. The molecule has 0 bridgehead atoms. The first-order valence-electron chi connectivity index (χ1n) is 6.09. The molecule has 0 unspecified atom stereocenters. The van der Waals surface area contributed by atoms with E-state index in [9.17, 15) is 0 Å². The van der Waals surface area contributed by atoms with Crippen molar-refractivity contribution in [1.29, 1.82) is 0 Å². The van der Waals surface area contributed by atoms with E-state index >= 15 is 0 Å². The average molecular weight is 259 g/mol. The molecule has 0 spiro atoms. The summed E-state index contributed by atoms with van der Waals surface area (Å²) in [5.74, 6) is 1.61. The van der Waals surface area contributed by atoms with E-state index in [1.807, 2.05) is 24.3 Å². The first-order valence-corrected chi connectivity index (χ1v) is 6.09. The van der Waals surface area contributed by atoms with Crippen LogP contribution in [0.3, 0.4) is 0 Å². The minimum atomic E-state index is 0.589. The monoisotopic (exact) mass is 259 g/mol. The maximum Gasteiger partial charge on any atom is 0.144 e. The van der Waals surface area contributed by atoms with Crippen molar-refractivity contribution in [3.8, 4) is 5.75 Å². The van der Waals surface area contributed by atoms with Crippen molar-refractivity contribution >= 4 is 5.82 Å². The van der Waals surface area contributed by atoms with Gasteiger partial charge in [0.05, 0.1) is 26.5 Å². The lowest BCUT2D eigenvalue weighted by Gasteiger charge is -2.07. The third kappa shape index (κ3) is 4.56. The molecule has 2 rings (SSSR count). The first kappa shape index (κ1) is 13.3. The van der Waals surface area contributed by atoms with E-state index in [-0.39, 0.29) is 0 Å². The molecule has 5 nitrogen and oxygen atoms in total. The molecule has 0 atom stereocenters. The summed E-state index contributed by atoms with van der Waals surface area (Å²) in [7, 11) is 1.66. The molecule has 1 N–H and O–H groups in total. The number of anilines is 1. The molecule has 19 heavy (non-hydrogen) atoms. The molecule has 1 heterocycles. The summed E-state index contributed by atoms with van der Waals surface area (Å²) in [5, 5.41) is 3.13. The zero-order valence-corrected chi connectivity index (χ0v) is 10.9. The normalized spacial score (nSPS) is 10.2. The third-order valence-electron chi connectivity index (χ3n) is 2.54. The molecule has 1 aromatic carbocycles. The quantitative estimate of drug-likeness (QED) is 0.772. The summed E-state index contributed by atoms with van der Waals surface area (Å²) >= 11 is 0. The van der Waals surface area contributed by atoms with E-state index in [2.05, 4.69) is 15.3 Å². The van der Waals surface area contributed by atoms with Crippen molar-refractivity contribution in [2.45, 2.75) is 6.61 Å². The zero-order chi connectivity index (χ0) is 13.3. The Morgan fingerprint density at radius 3 is 2.68 bits per heavy atom. The Morgan fingerprint density at radius 1 is 1.16 bits per heavy atom. The maximum absolute atomic E-state index is 5.56. The number of nitrogens with zero attached hydrogens (tertiary/aromatic N) is 2. The van der Waals surface area contributed by atoms with Crippen LogP contribution in [0.2, 0.25) is 0 Å². The van der Waals surface area contributed by atoms with Crippen molar-refractivity contribution in [3.63, 3.8) is 0 Å². The minimum absolute atomic E-state index is 0.589. The van der Waals surface area contributed by atoms with Crippen molar-refractivity contribution in [1.82, 2.24) is 9.97 Å². The van der Waals surface area contributed by atoms with Crippen LogP contribution < -0.4 is 10.1 Å². The van der Waals surface area contributed by atoms with E-state index < -0.39 is 0 Å². The Morgan fingerprint density at radius 2 is 2.00 bits per heavy atom. The SMILES string of the molecule is COc1ccc(COCCNc2cnccn2)cc1. The van der Waals surface area contributed by atoms with Crippen molar-refractivity contribution in [2.24, 2.45) is 0 Å². The number of nitrogens with one attached hydrogen (secondary N) is 1. The van der Waals surface area contributed by atoms with Gasteiger partial charge in [-0.2, -0.15) is 0 Å². The van der Waals surface area contributed by atoms with Crippen LogP contribution in [-0.2, 0) is 11.3 Å². The Kier molecular flexibility index (Phi) is 5.13. The largest absolute Gasteiger partial charge is 0.497 e. The number of aromatic nitrogens is 2. The van der Waals surface area contributed by atoms with Gasteiger partial charge in [0.2, 0.25) is 0 Å². The van der Waals surface area contributed by atoms with Gasteiger partial charge in [-0.1, -0.05) is 12.1 Å². The van der Waals surface area contributed by atoms with Crippen LogP contribution in [0.15, 0.2) is 42.9 Å². The Balaban J connectivity index is 1.63. The fourth-order valence-electron chi connectivity index (χ4n) is 1.55. The second kappa shape index (κ2) is 7.33. The van der Waals surface area contributed by atoms with Crippen LogP contribution in [0, 0.1) is 0 Å². The molecule has 0 aliphatic rings. The molecule has 2 aromatic rings. The van der Waals surface area contributed by atoms with Crippen LogP contribution >= 0.6 is 0 Å². The number of benzene rings is 1.